The first kappa shape index (κ1) is 18.2. The van der Waals surface area contributed by atoms with Crippen LogP contribution in [-0.4, -0.2) is 10.7 Å². The first-order valence-corrected chi connectivity index (χ1v) is 9.43. The molecule has 0 atom stereocenters. The van der Waals surface area contributed by atoms with Crippen LogP contribution >= 0.6 is 20.2 Å². The van der Waals surface area contributed by atoms with Gasteiger partial charge in [-0.05, 0) is 51.0 Å². The number of hydrogen-bond acceptors (Lipinski definition) is 2. The molecule has 2 aromatic rings. The van der Waals surface area contributed by atoms with Gasteiger partial charge in [0.1, 0.15) is 0 Å². The number of aliphatic imine (C=N–C) groups is 1. The molecule has 5 heteroatoms. The average Bonchev–Trinajstić information content (AvgIpc) is 2.44. The van der Waals surface area contributed by atoms with Gasteiger partial charge in [0.25, 0.3) is 0 Å². The molecule has 0 saturated carbocycles. The van der Waals surface area contributed by atoms with Crippen LogP contribution in [0.3, 0.4) is 0 Å². The number of pyridine rings is 1. The van der Waals surface area contributed by atoms with Crippen molar-refractivity contribution in [3.05, 3.63) is 58.9 Å². The topological polar surface area (TPSA) is 25.2 Å². The fourth-order valence-corrected chi connectivity index (χ4v) is 2.15. The SMILES string of the molecule is CC(=Nc1c(C)cc(C)cc1C)c1ccccn1.[Cl][Fe][Cl]. The molecule has 1 aromatic carbocycles. The molecule has 1 aromatic heterocycles. The zero-order valence-electron chi connectivity index (χ0n) is 12.5. The van der Waals surface area contributed by atoms with E-state index in [1.165, 1.54) is 16.7 Å². The quantitative estimate of drug-likeness (QED) is 0.508. The Morgan fingerprint density at radius 2 is 1.67 bits per heavy atom. The molecule has 114 valence electrons. The van der Waals surface area contributed by atoms with E-state index in [-0.39, 0.29) is 13.1 Å². The number of nitrogens with zero attached hydrogens (tertiary/aromatic N) is 2. The monoisotopic (exact) mass is 364 g/mol. The van der Waals surface area contributed by atoms with Crippen molar-refractivity contribution in [1.29, 1.82) is 0 Å². The molecule has 1 heterocycles. The van der Waals surface area contributed by atoms with Gasteiger partial charge < -0.3 is 0 Å². The number of hydrogen-bond donors (Lipinski definition) is 0. The summed E-state index contributed by atoms with van der Waals surface area (Å²) < 4.78 is 0. The average molecular weight is 365 g/mol. The second-order valence-electron chi connectivity index (χ2n) is 4.71. The van der Waals surface area contributed by atoms with E-state index < -0.39 is 0 Å². The molecule has 0 radical (unpaired) electrons. The Labute approximate surface area is 141 Å². The van der Waals surface area contributed by atoms with E-state index in [1.807, 2.05) is 25.1 Å². The van der Waals surface area contributed by atoms with Gasteiger partial charge in [-0.15, -0.1) is 0 Å². The fourth-order valence-electron chi connectivity index (χ4n) is 2.15. The molecule has 21 heavy (non-hydrogen) atoms. The first-order chi connectivity index (χ1) is 9.99. The molecule has 0 amide bonds. The van der Waals surface area contributed by atoms with Gasteiger partial charge in [-0.1, -0.05) is 23.8 Å². The molecular formula is C16H18Cl2FeN2. The third kappa shape index (κ3) is 5.80. The van der Waals surface area contributed by atoms with Crippen molar-refractivity contribution < 1.29 is 13.1 Å². The zero-order chi connectivity index (χ0) is 15.8. The Balaban J connectivity index is 0.000000677. The molecule has 0 fully saturated rings. The summed E-state index contributed by atoms with van der Waals surface area (Å²) in [6.45, 7) is 8.31. The maximum atomic E-state index is 4.76. The molecule has 0 N–H and O–H groups in total. The summed E-state index contributed by atoms with van der Waals surface area (Å²) in [5.74, 6) is 0. The van der Waals surface area contributed by atoms with Gasteiger partial charge in [0, 0.05) is 6.20 Å². The van der Waals surface area contributed by atoms with Crippen LogP contribution in [0, 0.1) is 20.8 Å². The molecule has 0 spiro atoms. The Kier molecular flexibility index (Phi) is 7.98. The van der Waals surface area contributed by atoms with Crippen LogP contribution in [0.2, 0.25) is 0 Å². The molecule has 0 aliphatic rings. The molecule has 0 unspecified atom stereocenters. The van der Waals surface area contributed by atoms with Crippen molar-refractivity contribution in [2.24, 2.45) is 4.99 Å². The molecule has 0 aliphatic carbocycles. The predicted molar refractivity (Wildman–Crippen MR) is 88.5 cm³/mol. The van der Waals surface area contributed by atoms with Gasteiger partial charge in [-0.25, -0.2) is 0 Å². The maximum absolute atomic E-state index is 4.76. The molecule has 0 aliphatic heterocycles. The summed E-state index contributed by atoms with van der Waals surface area (Å²) in [5, 5.41) is 0. The van der Waals surface area contributed by atoms with Gasteiger partial charge in [-0.3, -0.25) is 9.98 Å². The molecule has 0 saturated heterocycles. The van der Waals surface area contributed by atoms with Crippen LogP contribution in [0.1, 0.15) is 29.3 Å². The molecule has 2 rings (SSSR count). The summed E-state index contributed by atoms with van der Waals surface area (Å²) in [6, 6.07) is 10.2. The van der Waals surface area contributed by atoms with E-state index >= 15 is 0 Å². The van der Waals surface area contributed by atoms with Crippen molar-refractivity contribution in [1.82, 2.24) is 4.98 Å². The van der Waals surface area contributed by atoms with E-state index in [2.05, 4.69) is 37.9 Å². The van der Waals surface area contributed by atoms with Crippen LogP contribution in [0.25, 0.3) is 0 Å². The fraction of sp³-hybridized carbons (Fsp3) is 0.250. The number of benzene rings is 1. The van der Waals surface area contributed by atoms with E-state index in [0.717, 1.165) is 17.1 Å². The summed E-state index contributed by atoms with van der Waals surface area (Å²) in [6.07, 6.45) is 1.79. The number of aryl methyl sites for hydroxylation is 3. The summed E-state index contributed by atoms with van der Waals surface area (Å²) in [5.41, 5.74) is 6.64. The predicted octanol–water partition coefficient (Wildman–Crippen LogP) is 5.52. The third-order valence-electron chi connectivity index (χ3n) is 2.95. The first-order valence-electron chi connectivity index (χ1n) is 6.39. The normalized spacial score (nSPS) is 11.0. The number of aromatic nitrogens is 1. The van der Waals surface area contributed by atoms with Crippen LogP contribution in [0.4, 0.5) is 5.69 Å². The van der Waals surface area contributed by atoms with Gasteiger partial charge in [0.2, 0.25) is 0 Å². The minimum absolute atomic E-state index is 0.194. The van der Waals surface area contributed by atoms with Crippen molar-refractivity contribution in [2.75, 3.05) is 0 Å². The van der Waals surface area contributed by atoms with E-state index in [0.29, 0.717) is 0 Å². The van der Waals surface area contributed by atoms with Gasteiger partial charge in [0.15, 0.2) is 0 Å². The van der Waals surface area contributed by atoms with Gasteiger partial charge in [0.05, 0.1) is 17.1 Å². The Hall–Kier alpha value is -0.861. The summed E-state index contributed by atoms with van der Waals surface area (Å²) in [4.78, 5) is 9.04. The Morgan fingerprint density at radius 3 is 2.14 bits per heavy atom. The van der Waals surface area contributed by atoms with Gasteiger partial charge in [-0.2, -0.15) is 0 Å². The van der Waals surface area contributed by atoms with Crippen LogP contribution in [0.15, 0.2) is 41.5 Å². The van der Waals surface area contributed by atoms with Crippen molar-refractivity contribution >= 4 is 31.6 Å². The van der Waals surface area contributed by atoms with Crippen LogP contribution in [0.5, 0.6) is 0 Å². The van der Waals surface area contributed by atoms with E-state index in [1.54, 1.807) is 6.20 Å². The minimum atomic E-state index is 0.194. The zero-order valence-corrected chi connectivity index (χ0v) is 15.1. The van der Waals surface area contributed by atoms with Gasteiger partial charge >= 0.3 is 33.3 Å². The Bertz CT molecular complexity index is 590. The summed E-state index contributed by atoms with van der Waals surface area (Å²) in [7, 11) is 9.53. The van der Waals surface area contributed by atoms with E-state index in [4.69, 9.17) is 25.2 Å². The second-order valence-corrected chi connectivity index (χ2v) is 6.53. The Morgan fingerprint density at radius 1 is 1.10 bits per heavy atom. The van der Waals surface area contributed by atoms with Crippen molar-refractivity contribution in [3.8, 4) is 0 Å². The van der Waals surface area contributed by atoms with Crippen LogP contribution in [-0.2, 0) is 13.1 Å². The number of rotatable bonds is 2. The van der Waals surface area contributed by atoms with Crippen LogP contribution < -0.4 is 0 Å². The van der Waals surface area contributed by atoms with Crippen molar-refractivity contribution in [3.63, 3.8) is 0 Å². The van der Waals surface area contributed by atoms with Crippen molar-refractivity contribution in [2.45, 2.75) is 27.7 Å². The molecule has 2 nitrogen and oxygen atoms in total. The third-order valence-corrected chi connectivity index (χ3v) is 2.95. The summed E-state index contributed by atoms with van der Waals surface area (Å²) >= 11 is 0.194. The van der Waals surface area contributed by atoms with E-state index in [9.17, 15) is 0 Å². The number of halogens is 2. The molecular weight excluding hydrogens is 347 g/mol. The molecule has 0 bridgehead atoms. The standard InChI is InChI=1S/C16H18N2.2ClH.Fe/c1-11-9-12(2)16(13(3)10-11)18-14(4)15-7-5-6-8-17-15;;;/h5-10H,1-4H3;2*1H;/q;;;+2/p-2. The second kappa shape index (κ2) is 9.22.